The first-order chi connectivity index (χ1) is 27.5. The van der Waals surface area contributed by atoms with Gasteiger partial charge in [0.15, 0.2) is 0 Å². The van der Waals surface area contributed by atoms with Gasteiger partial charge in [0.1, 0.15) is 18.5 Å². The third kappa shape index (κ3) is 8.46. The molecule has 2 saturated heterocycles. The van der Waals surface area contributed by atoms with Gasteiger partial charge in [-0.1, -0.05) is 30.2 Å². The van der Waals surface area contributed by atoms with Crippen LogP contribution in [0.15, 0.2) is 59.6 Å². The van der Waals surface area contributed by atoms with Crippen molar-refractivity contribution in [2.45, 2.75) is 101 Å². The average Bonchev–Trinajstić information content (AvgIpc) is 3.67. The highest BCUT2D eigenvalue weighted by atomic mass is 32.2. The number of hydrogen-bond donors (Lipinski definition) is 2. The number of hydrogen-bond acceptors (Lipinski definition) is 7. The van der Waals surface area contributed by atoms with E-state index in [1.807, 2.05) is 11.8 Å². The first-order valence-corrected chi connectivity index (χ1v) is 23.2. The Labute approximate surface area is 338 Å². The maximum atomic E-state index is 14.0. The molecule has 11 nitrogen and oxygen atoms in total. The molecule has 310 valence electrons. The fraction of sp³-hybridized carbons (Fsp3) is 0.644. The second kappa shape index (κ2) is 16.9. The largest absolute Gasteiger partial charge is 0.490 e. The molecule has 12 heteroatoms. The normalized spacial score (nSPS) is 25.9. The number of unbranched alkanes of at least 4 members (excludes halogenated alkanes) is 2. The van der Waals surface area contributed by atoms with Gasteiger partial charge >= 0.3 is 6.03 Å². The second-order valence-corrected chi connectivity index (χ2v) is 20.1. The molecular formula is C45H63N5O6S. The topological polar surface area (TPSA) is 138 Å². The highest BCUT2D eigenvalue weighted by Gasteiger charge is 2.55. The van der Waals surface area contributed by atoms with Gasteiger partial charge in [-0.25, -0.2) is 17.2 Å². The Morgan fingerprint density at radius 3 is 2.09 bits per heavy atom. The van der Waals surface area contributed by atoms with Crippen LogP contribution in [0.1, 0.15) is 89.0 Å². The number of nitrogens with two attached hydrogens (primary N) is 1. The Morgan fingerprint density at radius 2 is 1.47 bits per heavy atom. The van der Waals surface area contributed by atoms with E-state index in [1.54, 1.807) is 53.4 Å². The lowest BCUT2D eigenvalue weighted by molar-refractivity contribution is -0.159. The lowest BCUT2D eigenvalue weighted by Gasteiger charge is -2.57. The Bertz CT molecular complexity index is 1950. The van der Waals surface area contributed by atoms with Crippen molar-refractivity contribution in [1.82, 2.24) is 18.7 Å². The average molecular weight is 802 g/mol. The highest BCUT2D eigenvalue weighted by Crippen LogP contribution is 2.60. The molecule has 4 saturated carbocycles. The summed E-state index contributed by atoms with van der Waals surface area (Å²) < 4.78 is 34.3. The Hall–Kier alpha value is -3.61. The van der Waals surface area contributed by atoms with Crippen molar-refractivity contribution in [1.29, 1.82) is 0 Å². The molecule has 6 fully saturated rings. The summed E-state index contributed by atoms with van der Waals surface area (Å²) in [6, 6.07) is 13.7. The van der Waals surface area contributed by atoms with E-state index in [0.29, 0.717) is 60.6 Å². The van der Waals surface area contributed by atoms with Gasteiger partial charge < -0.3 is 30.3 Å². The molecule has 1 atom stereocenters. The third-order valence-corrected chi connectivity index (χ3v) is 16.0. The van der Waals surface area contributed by atoms with Gasteiger partial charge in [0.25, 0.3) is 10.0 Å². The minimum atomic E-state index is -3.82. The number of rotatable bonds is 14. The molecule has 3 amide bonds. The molecule has 9 rings (SSSR count). The van der Waals surface area contributed by atoms with Crippen molar-refractivity contribution in [3.05, 3.63) is 60.3 Å². The number of fused-ring (bicyclic) bond motifs is 1. The van der Waals surface area contributed by atoms with Crippen molar-refractivity contribution in [3.63, 3.8) is 0 Å². The summed E-state index contributed by atoms with van der Waals surface area (Å²) in [7, 11) is -3.82. The standard InChI is InChI=1S/C45H63N5O6S/c1-32-8-10-39(11-9-32)57(54,55)50-23-16-40-41(50)6-5-7-42(40)56-31-38(51)30-49(18-4-2-3-17-46)44(53)48-21-14-37(15-22-48)36-12-19-47(20-13-36)43(52)45-27-33-24-34(28-45)26-35(25-33)29-45/h5-11,16,23,33-38,51H,2-4,12-15,17-22,24-31,46H2,1H3. The molecule has 57 heavy (non-hydrogen) atoms. The number of aromatic nitrogens is 1. The number of carbonyl (C=O) groups excluding carboxylic acids is 2. The second-order valence-electron chi connectivity index (χ2n) is 18.3. The lowest BCUT2D eigenvalue weighted by atomic mass is 9.49. The zero-order chi connectivity index (χ0) is 39.7. The maximum Gasteiger partial charge on any atom is 0.320 e. The van der Waals surface area contributed by atoms with Gasteiger partial charge in [0.2, 0.25) is 5.91 Å². The monoisotopic (exact) mass is 801 g/mol. The van der Waals surface area contributed by atoms with Crippen LogP contribution in [0.5, 0.6) is 5.75 Å². The van der Waals surface area contributed by atoms with Crippen molar-refractivity contribution in [2.24, 2.45) is 40.7 Å². The number of likely N-dealkylation sites (tertiary alicyclic amines) is 2. The Balaban J connectivity index is 0.839. The van der Waals surface area contributed by atoms with Crippen molar-refractivity contribution in [2.75, 3.05) is 52.4 Å². The minimum absolute atomic E-state index is 0.0447. The number of nitrogens with zero attached hydrogens (tertiary/aromatic N) is 4. The third-order valence-electron chi connectivity index (χ3n) is 14.3. The first-order valence-electron chi connectivity index (χ1n) is 21.8. The van der Waals surface area contributed by atoms with Crippen molar-refractivity contribution >= 4 is 32.9 Å². The summed E-state index contributed by atoms with van der Waals surface area (Å²) in [4.78, 5) is 34.1. The molecule has 1 aromatic heterocycles. The van der Waals surface area contributed by atoms with E-state index in [4.69, 9.17) is 10.5 Å². The smallest absolute Gasteiger partial charge is 0.320 e. The number of piperidine rings is 2. The van der Waals surface area contributed by atoms with Gasteiger partial charge in [0.05, 0.1) is 22.4 Å². The van der Waals surface area contributed by atoms with E-state index < -0.39 is 16.1 Å². The molecule has 4 bridgehead atoms. The quantitative estimate of drug-likeness (QED) is 0.174. The summed E-state index contributed by atoms with van der Waals surface area (Å²) in [6.07, 6.45) is 14.7. The number of carbonyl (C=O) groups is 2. The number of aliphatic hydroxyl groups excluding tert-OH is 1. The van der Waals surface area contributed by atoms with E-state index in [9.17, 15) is 23.1 Å². The number of amides is 3. The van der Waals surface area contributed by atoms with Crippen LogP contribution in [-0.4, -0.2) is 103 Å². The van der Waals surface area contributed by atoms with Gasteiger partial charge in [-0.05, 0) is 150 Å². The van der Waals surface area contributed by atoms with E-state index in [1.165, 1.54) is 29.4 Å². The van der Waals surface area contributed by atoms with Gasteiger partial charge in [-0.2, -0.15) is 0 Å². The van der Waals surface area contributed by atoms with Gasteiger partial charge in [-0.3, -0.25) is 4.79 Å². The summed E-state index contributed by atoms with van der Waals surface area (Å²) >= 11 is 0. The zero-order valence-corrected chi connectivity index (χ0v) is 34.6. The SMILES string of the molecule is Cc1ccc(S(=O)(=O)n2ccc3c(OCC(O)CN(CCCCCN)C(=O)N4CCC(C5CCN(C(=O)C67CC8CC(CC(C8)C6)C7)CC5)CC4)cccc32)cc1. The summed E-state index contributed by atoms with van der Waals surface area (Å²) in [5, 5.41) is 11.9. The number of aliphatic hydroxyl groups is 1. The Kier molecular flexibility index (Phi) is 11.9. The molecule has 4 aliphatic carbocycles. The molecule has 6 aliphatic rings. The molecule has 0 radical (unpaired) electrons. The number of ether oxygens (including phenoxy) is 1. The van der Waals surface area contributed by atoms with Crippen LogP contribution in [0, 0.1) is 41.9 Å². The van der Waals surface area contributed by atoms with Crippen LogP contribution < -0.4 is 10.5 Å². The van der Waals surface area contributed by atoms with Crippen LogP contribution in [-0.2, 0) is 14.8 Å². The summed E-state index contributed by atoms with van der Waals surface area (Å²) in [6.45, 7) is 6.30. The predicted octanol–water partition coefficient (Wildman–Crippen LogP) is 6.64. The molecule has 1 unspecified atom stereocenters. The van der Waals surface area contributed by atoms with E-state index in [2.05, 4.69) is 4.90 Å². The minimum Gasteiger partial charge on any atom is -0.490 e. The summed E-state index contributed by atoms with van der Waals surface area (Å²) in [5.41, 5.74) is 7.16. The lowest BCUT2D eigenvalue weighted by Crippen LogP contribution is -2.56. The van der Waals surface area contributed by atoms with E-state index >= 15 is 0 Å². The number of benzene rings is 2. The first kappa shape index (κ1) is 40.2. The Morgan fingerprint density at radius 1 is 0.860 bits per heavy atom. The molecular weight excluding hydrogens is 739 g/mol. The van der Waals surface area contributed by atoms with Crippen LogP contribution in [0.4, 0.5) is 4.79 Å². The predicted molar refractivity (Wildman–Crippen MR) is 221 cm³/mol. The number of aryl methyl sites for hydroxylation is 1. The maximum absolute atomic E-state index is 14.0. The van der Waals surface area contributed by atoms with Gasteiger partial charge in [0, 0.05) is 44.3 Å². The van der Waals surface area contributed by atoms with Gasteiger partial charge in [-0.15, -0.1) is 0 Å². The van der Waals surface area contributed by atoms with Crippen LogP contribution in [0.25, 0.3) is 10.9 Å². The molecule has 0 spiro atoms. The fourth-order valence-electron chi connectivity index (χ4n) is 11.7. The van der Waals surface area contributed by atoms with Crippen molar-refractivity contribution < 1.29 is 27.9 Å². The molecule has 2 aromatic carbocycles. The molecule has 2 aliphatic heterocycles. The summed E-state index contributed by atoms with van der Waals surface area (Å²) in [5.74, 6) is 4.44. The highest BCUT2D eigenvalue weighted by molar-refractivity contribution is 7.90. The number of urea groups is 1. The fourth-order valence-corrected chi connectivity index (χ4v) is 13.0. The van der Waals surface area contributed by atoms with Crippen LogP contribution in [0.2, 0.25) is 0 Å². The molecule has 3 aromatic rings. The van der Waals surface area contributed by atoms with Crippen molar-refractivity contribution in [3.8, 4) is 5.75 Å². The molecule has 3 N–H and O–H groups in total. The van der Waals surface area contributed by atoms with E-state index in [0.717, 1.165) is 101 Å². The van der Waals surface area contributed by atoms with Crippen LogP contribution >= 0.6 is 0 Å². The van der Waals surface area contributed by atoms with E-state index in [-0.39, 0.29) is 29.5 Å². The molecule has 3 heterocycles. The zero-order valence-electron chi connectivity index (χ0n) is 33.8. The van der Waals surface area contributed by atoms with Crippen LogP contribution in [0.3, 0.4) is 0 Å².